The SMILES string of the molecule is C[C@H](NS(=O)(=O)c1c(F)cccc1F)C(=O)O. The molecule has 1 aromatic carbocycles. The van der Waals surface area contributed by atoms with Crippen LogP contribution < -0.4 is 4.72 Å². The maximum absolute atomic E-state index is 13.2. The van der Waals surface area contributed by atoms with E-state index in [0.717, 1.165) is 25.1 Å². The maximum Gasteiger partial charge on any atom is 0.321 e. The summed E-state index contributed by atoms with van der Waals surface area (Å²) in [7, 11) is -4.55. The minimum absolute atomic E-state index is 0.767. The van der Waals surface area contributed by atoms with Crippen LogP contribution in [0.15, 0.2) is 23.1 Å². The average molecular weight is 265 g/mol. The highest BCUT2D eigenvalue weighted by Gasteiger charge is 2.27. The first-order chi connectivity index (χ1) is 7.75. The van der Waals surface area contributed by atoms with Crippen LogP contribution in [0.5, 0.6) is 0 Å². The molecule has 1 atom stereocenters. The van der Waals surface area contributed by atoms with E-state index in [1.807, 2.05) is 0 Å². The Morgan fingerprint density at radius 2 is 1.82 bits per heavy atom. The summed E-state index contributed by atoms with van der Waals surface area (Å²) in [5, 5.41) is 8.52. The van der Waals surface area contributed by atoms with E-state index in [-0.39, 0.29) is 0 Å². The third-order valence-corrected chi connectivity index (χ3v) is 3.48. The van der Waals surface area contributed by atoms with Crippen LogP contribution in [0.2, 0.25) is 0 Å². The highest BCUT2D eigenvalue weighted by molar-refractivity contribution is 7.89. The highest BCUT2D eigenvalue weighted by atomic mass is 32.2. The predicted molar refractivity (Wildman–Crippen MR) is 53.8 cm³/mol. The van der Waals surface area contributed by atoms with E-state index >= 15 is 0 Å². The van der Waals surface area contributed by atoms with Crippen LogP contribution in [0.4, 0.5) is 8.78 Å². The van der Waals surface area contributed by atoms with Gasteiger partial charge in [-0.3, -0.25) is 4.79 Å². The van der Waals surface area contributed by atoms with E-state index in [9.17, 15) is 22.0 Å². The number of hydrogen-bond acceptors (Lipinski definition) is 3. The van der Waals surface area contributed by atoms with Crippen LogP contribution >= 0.6 is 0 Å². The summed E-state index contributed by atoms with van der Waals surface area (Å²) in [4.78, 5) is 9.28. The molecule has 0 bridgehead atoms. The van der Waals surface area contributed by atoms with Crippen LogP contribution in [0.3, 0.4) is 0 Å². The first kappa shape index (κ1) is 13.5. The first-order valence-corrected chi connectivity index (χ1v) is 5.93. The van der Waals surface area contributed by atoms with Crippen molar-refractivity contribution >= 4 is 16.0 Å². The number of rotatable bonds is 4. The number of sulfonamides is 1. The van der Waals surface area contributed by atoms with Gasteiger partial charge in [0.15, 0.2) is 4.90 Å². The Hall–Kier alpha value is -1.54. The Morgan fingerprint density at radius 3 is 2.24 bits per heavy atom. The third-order valence-electron chi connectivity index (χ3n) is 1.89. The lowest BCUT2D eigenvalue weighted by Crippen LogP contribution is -2.39. The Kier molecular flexibility index (Phi) is 3.79. The zero-order chi connectivity index (χ0) is 13.2. The first-order valence-electron chi connectivity index (χ1n) is 4.45. The molecule has 1 aromatic rings. The van der Waals surface area contributed by atoms with E-state index in [4.69, 9.17) is 5.11 Å². The summed E-state index contributed by atoms with van der Waals surface area (Å²) in [6.45, 7) is 1.04. The summed E-state index contributed by atoms with van der Waals surface area (Å²) < 4.78 is 51.1. The van der Waals surface area contributed by atoms with Crippen LogP contribution in [-0.2, 0) is 14.8 Å². The standard InChI is InChI=1S/C9H9F2NO4S/c1-5(9(13)14)12-17(15,16)8-6(10)3-2-4-7(8)11/h2-5,12H,1H3,(H,13,14)/t5-/m0/s1. The summed E-state index contributed by atoms with van der Waals surface area (Å²) in [6, 6.07) is 1.05. The number of carboxylic acids is 1. The number of halogens is 2. The minimum Gasteiger partial charge on any atom is -0.480 e. The van der Waals surface area contributed by atoms with Gasteiger partial charge in [-0.05, 0) is 19.1 Å². The maximum atomic E-state index is 13.2. The molecule has 17 heavy (non-hydrogen) atoms. The van der Waals surface area contributed by atoms with Gasteiger partial charge in [0.1, 0.15) is 17.7 Å². The van der Waals surface area contributed by atoms with Gasteiger partial charge in [0.05, 0.1) is 0 Å². The normalized spacial score (nSPS) is 13.4. The molecule has 0 radical (unpaired) electrons. The molecule has 2 N–H and O–H groups in total. The van der Waals surface area contributed by atoms with Crippen molar-refractivity contribution in [1.82, 2.24) is 4.72 Å². The summed E-state index contributed by atoms with van der Waals surface area (Å²) in [5.74, 6) is -4.02. The Bertz CT molecular complexity index is 524. The monoisotopic (exact) mass is 265 g/mol. The lowest BCUT2D eigenvalue weighted by atomic mass is 10.3. The molecular formula is C9H9F2NO4S. The molecule has 0 amide bonds. The molecule has 8 heteroatoms. The topological polar surface area (TPSA) is 83.5 Å². The summed E-state index contributed by atoms with van der Waals surface area (Å²) in [6.07, 6.45) is 0. The summed E-state index contributed by atoms with van der Waals surface area (Å²) in [5.41, 5.74) is 0. The zero-order valence-electron chi connectivity index (χ0n) is 8.65. The second-order valence-corrected chi connectivity index (χ2v) is 4.88. The molecule has 5 nitrogen and oxygen atoms in total. The van der Waals surface area contributed by atoms with Crippen molar-refractivity contribution in [2.45, 2.75) is 17.9 Å². The van der Waals surface area contributed by atoms with Gasteiger partial charge >= 0.3 is 5.97 Å². The molecule has 0 saturated heterocycles. The number of carbonyl (C=O) groups is 1. The average Bonchev–Trinajstić information content (AvgIpc) is 2.15. The summed E-state index contributed by atoms with van der Waals surface area (Å²) >= 11 is 0. The molecule has 1 rings (SSSR count). The van der Waals surface area contributed by atoms with E-state index in [2.05, 4.69) is 0 Å². The molecule has 0 spiro atoms. The molecule has 0 fully saturated rings. The largest absolute Gasteiger partial charge is 0.480 e. The Labute approximate surface area is 96.1 Å². The molecule has 0 saturated carbocycles. The second kappa shape index (κ2) is 4.76. The number of benzene rings is 1. The van der Waals surface area contributed by atoms with Crippen molar-refractivity contribution in [2.24, 2.45) is 0 Å². The van der Waals surface area contributed by atoms with Crippen LogP contribution in [0.25, 0.3) is 0 Å². The van der Waals surface area contributed by atoms with Gasteiger partial charge in [0, 0.05) is 0 Å². The van der Waals surface area contributed by atoms with Gasteiger partial charge in [-0.1, -0.05) is 6.07 Å². The minimum atomic E-state index is -4.55. The highest BCUT2D eigenvalue weighted by Crippen LogP contribution is 2.18. The molecule has 0 aliphatic rings. The predicted octanol–water partition coefficient (Wildman–Crippen LogP) is 0.716. The zero-order valence-corrected chi connectivity index (χ0v) is 9.46. The molecule has 0 aliphatic carbocycles. The van der Waals surface area contributed by atoms with Gasteiger partial charge in [0.2, 0.25) is 10.0 Å². The van der Waals surface area contributed by atoms with E-state index in [1.165, 1.54) is 0 Å². The van der Waals surface area contributed by atoms with E-state index in [1.54, 1.807) is 4.72 Å². The van der Waals surface area contributed by atoms with Crippen molar-refractivity contribution < 1.29 is 27.1 Å². The van der Waals surface area contributed by atoms with Gasteiger partial charge < -0.3 is 5.11 Å². The molecule has 0 heterocycles. The van der Waals surface area contributed by atoms with E-state index < -0.39 is 38.6 Å². The number of aliphatic carboxylic acids is 1. The van der Waals surface area contributed by atoms with Crippen molar-refractivity contribution in [1.29, 1.82) is 0 Å². The second-order valence-electron chi connectivity index (χ2n) is 3.23. The van der Waals surface area contributed by atoms with Crippen LogP contribution in [0.1, 0.15) is 6.92 Å². The van der Waals surface area contributed by atoms with Gasteiger partial charge in [-0.2, -0.15) is 4.72 Å². The van der Waals surface area contributed by atoms with Gasteiger partial charge in [-0.25, -0.2) is 17.2 Å². The van der Waals surface area contributed by atoms with E-state index in [0.29, 0.717) is 0 Å². The number of hydrogen-bond donors (Lipinski definition) is 2. The van der Waals surface area contributed by atoms with Crippen molar-refractivity contribution in [2.75, 3.05) is 0 Å². The Morgan fingerprint density at radius 1 is 1.35 bits per heavy atom. The Balaban J connectivity index is 3.19. The lowest BCUT2D eigenvalue weighted by Gasteiger charge is -2.11. The number of carboxylic acid groups (broad SMARTS) is 1. The van der Waals surface area contributed by atoms with Crippen LogP contribution in [-0.4, -0.2) is 25.5 Å². The molecule has 94 valence electrons. The van der Waals surface area contributed by atoms with Crippen molar-refractivity contribution in [3.8, 4) is 0 Å². The molecular weight excluding hydrogens is 256 g/mol. The lowest BCUT2D eigenvalue weighted by molar-refractivity contribution is -0.138. The molecule has 0 aliphatic heterocycles. The van der Waals surface area contributed by atoms with Gasteiger partial charge in [-0.15, -0.1) is 0 Å². The fourth-order valence-corrected chi connectivity index (χ4v) is 2.41. The molecule has 0 unspecified atom stereocenters. The van der Waals surface area contributed by atoms with Crippen molar-refractivity contribution in [3.63, 3.8) is 0 Å². The van der Waals surface area contributed by atoms with Crippen LogP contribution in [0, 0.1) is 11.6 Å². The number of nitrogens with one attached hydrogen (secondary N) is 1. The third kappa shape index (κ3) is 2.98. The van der Waals surface area contributed by atoms with Crippen molar-refractivity contribution in [3.05, 3.63) is 29.8 Å². The quantitative estimate of drug-likeness (QED) is 0.840. The fourth-order valence-electron chi connectivity index (χ4n) is 1.08. The fraction of sp³-hybridized carbons (Fsp3) is 0.222. The smallest absolute Gasteiger partial charge is 0.321 e. The molecule has 0 aromatic heterocycles. The van der Waals surface area contributed by atoms with Gasteiger partial charge in [0.25, 0.3) is 0 Å².